The number of aliphatic hydroxyl groups excluding tert-OH is 1. The van der Waals surface area contributed by atoms with Crippen LogP contribution in [0.3, 0.4) is 0 Å². The van der Waals surface area contributed by atoms with Crippen LogP contribution in [-0.4, -0.2) is 96.7 Å². The van der Waals surface area contributed by atoms with E-state index in [1.807, 2.05) is 0 Å². The molecule has 0 saturated carbocycles. The van der Waals surface area contributed by atoms with Crippen molar-refractivity contribution in [2.45, 2.75) is 439 Å². The highest BCUT2D eigenvalue weighted by Crippen LogP contribution is 2.45. The Morgan fingerprint density at radius 1 is 0.273 bits per heavy atom. The van der Waals surface area contributed by atoms with Crippen LogP contribution in [0.2, 0.25) is 0 Å². The second-order valence-corrected chi connectivity index (χ2v) is 32.7. The first-order chi connectivity index (χ1) is 47.9. The maximum absolute atomic E-state index is 13.1. The van der Waals surface area contributed by atoms with Crippen molar-refractivity contribution in [3.8, 4) is 0 Å². The van der Waals surface area contributed by atoms with Gasteiger partial charge in [-0.15, -0.1) is 0 Å². The number of phosphoric acid groups is 2. The van der Waals surface area contributed by atoms with E-state index >= 15 is 0 Å². The molecule has 0 aliphatic heterocycles. The van der Waals surface area contributed by atoms with Crippen LogP contribution < -0.4 is 0 Å². The molecular formula is C80H156O17P2. The lowest BCUT2D eigenvalue weighted by Crippen LogP contribution is -2.30. The minimum Gasteiger partial charge on any atom is -0.462 e. The maximum atomic E-state index is 13.1. The van der Waals surface area contributed by atoms with E-state index in [1.165, 1.54) is 238 Å². The fourth-order valence-corrected chi connectivity index (χ4v) is 13.9. The van der Waals surface area contributed by atoms with E-state index in [0.29, 0.717) is 25.7 Å². The molecule has 0 amide bonds. The van der Waals surface area contributed by atoms with Crippen LogP contribution in [0.4, 0.5) is 0 Å². The summed E-state index contributed by atoms with van der Waals surface area (Å²) >= 11 is 0. The van der Waals surface area contributed by atoms with E-state index < -0.39 is 97.5 Å². The van der Waals surface area contributed by atoms with Crippen molar-refractivity contribution >= 4 is 39.5 Å². The predicted molar refractivity (Wildman–Crippen MR) is 405 cm³/mol. The number of unbranched alkanes of at least 4 members (excludes halogenated alkanes) is 49. The number of carbonyl (C=O) groups is 4. The van der Waals surface area contributed by atoms with Gasteiger partial charge in [-0.25, -0.2) is 9.13 Å². The summed E-state index contributed by atoms with van der Waals surface area (Å²) in [5.74, 6) is -0.498. The number of aliphatic hydroxyl groups is 1. The first-order valence-corrected chi connectivity index (χ1v) is 44.5. The molecule has 0 aliphatic rings. The predicted octanol–water partition coefficient (Wildman–Crippen LogP) is 23.9. The first kappa shape index (κ1) is 97.1. The summed E-state index contributed by atoms with van der Waals surface area (Å²) < 4.78 is 68.6. The monoisotopic (exact) mass is 1450 g/mol. The van der Waals surface area contributed by atoms with Crippen LogP contribution in [0.5, 0.6) is 0 Å². The third-order valence-corrected chi connectivity index (χ3v) is 20.6. The molecule has 3 N–H and O–H groups in total. The van der Waals surface area contributed by atoms with Gasteiger partial charge in [0, 0.05) is 25.7 Å². The summed E-state index contributed by atoms with van der Waals surface area (Å²) in [6, 6.07) is 0. The zero-order chi connectivity index (χ0) is 72.8. The molecule has 0 spiro atoms. The normalized spacial score (nSPS) is 13.9. The smallest absolute Gasteiger partial charge is 0.462 e. The standard InChI is InChI=1S/C80H156O17P2/c1-7-9-11-13-15-17-18-26-34-40-46-52-58-64-79(84)96-75(68-90-77(82)62-56-50-44-36-16-14-12-10-8-2)70-94-98(86,87)92-66-74(81)67-93-99(88,89)95-71-76(69-91-78(83)63-57-51-45-39-33-30-25-28-32-38-43-49-55-61-73(5)6)97-80(85)65-59-53-47-41-35-29-24-22-20-19-21-23-27-31-37-42-48-54-60-72(3)4/h72-76,81H,7-71H2,1-6H3,(H,86,87)(H,88,89)/t74-,75+,76+/m0/s1. The van der Waals surface area contributed by atoms with Crippen LogP contribution in [0.15, 0.2) is 0 Å². The number of carbonyl (C=O) groups excluding carboxylic acids is 4. The van der Waals surface area contributed by atoms with E-state index in [4.69, 9.17) is 37.0 Å². The van der Waals surface area contributed by atoms with Gasteiger partial charge in [0.05, 0.1) is 26.4 Å². The number of hydrogen-bond acceptors (Lipinski definition) is 15. The summed E-state index contributed by atoms with van der Waals surface area (Å²) in [6.45, 7) is 9.67. The number of esters is 4. The Morgan fingerprint density at radius 2 is 0.465 bits per heavy atom. The molecule has 0 heterocycles. The molecule has 2 unspecified atom stereocenters. The minimum atomic E-state index is -4.96. The highest BCUT2D eigenvalue weighted by molar-refractivity contribution is 7.47. The third-order valence-electron chi connectivity index (χ3n) is 18.7. The van der Waals surface area contributed by atoms with Gasteiger partial charge >= 0.3 is 39.5 Å². The SMILES string of the molecule is CCCCCCCCCCCCCCCC(=O)O[C@H](COC(=O)CCCCCCCCCCC)COP(=O)(O)OC[C@H](O)COP(=O)(O)OC[C@@H](COC(=O)CCCCCCCCCCCCCCCC(C)C)OC(=O)CCCCCCCCCCCCCCCCCCCCC(C)C. The number of rotatable bonds is 79. The molecule has 19 heteroatoms. The number of phosphoric ester groups is 2. The summed E-state index contributed by atoms with van der Waals surface area (Å²) in [5.41, 5.74) is 0. The lowest BCUT2D eigenvalue weighted by Gasteiger charge is -2.21. The van der Waals surface area contributed by atoms with E-state index in [1.54, 1.807) is 0 Å². The molecule has 588 valence electrons. The number of ether oxygens (including phenoxy) is 4. The average molecular weight is 1450 g/mol. The van der Waals surface area contributed by atoms with E-state index in [9.17, 15) is 43.2 Å². The quantitative estimate of drug-likeness (QED) is 0.0222. The van der Waals surface area contributed by atoms with Crippen molar-refractivity contribution in [3.05, 3.63) is 0 Å². The van der Waals surface area contributed by atoms with Gasteiger partial charge in [-0.05, 0) is 37.5 Å². The third kappa shape index (κ3) is 74.1. The lowest BCUT2D eigenvalue weighted by molar-refractivity contribution is -0.161. The molecule has 5 atom stereocenters. The Bertz CT molecular complexity index is 1910. The van der Waals surface area contributed by atoms with Crippen LogP contribution in [0.25, 0.3) is 0 Å². The van der Waals surface area contributed by atoms with Gasteiger partial charge in [-0.3, -0.25) is 37.3 Å². The minimum absolute atomic E-state index is 0.108. The van der Waals surface area contributed by atoms with Crippen LogP contribution in [-0.2, 0) is 65.4 Å². The van der Waals surface area contributed by atoms with E-state index in [2.05, 4.69) is 41.5 Å². The summed E-state index contributed by atoms with van der Waals surface area (Å²) in [7, 11) is -9.91. The molecule has 0 aromatic heterocycles. The van der Waals surface area contributed by atoms with Gasteiger partial charge in [-0.1, -0.05) is 369 Å². The maximum Gasteiger partial charge on any atom is 0.472 e. The molecule has 0 aliphatic carbocycles. The van der Waals surface area contributed by atoms with Crippen molar-refractivity contribution in [3.63, 3.8) is 0 Å². The van der Waals surface area contributed by atoms with Crippen molar-refractivity contribution in [1.82, 2.24) is 0 Å². The summed E-state index contributed by atoms with van der Waals surface area (Å²) in [6.07, 6.45) is 61.0. The van der Waals surface area contributed by atoms with Crippen LogP contribution in [0.1, 0.15) is 420 Å². The lowest BCUT2D eigenvalue weighted by atomic mass is 10.0. The molecule has 99 heavy (non-hydrogen) atoms. The van der Waals surface area contributed by atoms with Gasteiger partial charge in [-0.2, -0.15) is 0 Å². The Morgan fingerprint density at radius 3 is 0.687 bits per heavy atom. The average Bonchev–Trinajstić information content (AvgIpc) is 1.60. The van der Waals surface area contributed by atoms with Crippen molar-refractivity contribution in [1.29, 1.82) is 0 Å². The summed E-state index contributed by atoms with van der Waals surface area (Å²) in [4.78, 5) is 72.9. The van der Waals surface area contributed by atoms with Gasteiger partial charge in [0.1, 0.15) is 19.3 Å². The second kappa shape index (κ2) is 71.7. The molecule has 0 bridgehead atoms. The zero-order valence-electron chi connectivity index (χ0n) is 64.8. The molecule has 17 nitrogen and oxygen atoms in total. The first-order valence-electron chi connectivity index (χ1n) is 41.5. The Kier molecular flexibility index (Phi) is 70.3. The molecule has 0 saturated heterocycles. The van der Waals surface area contributed by atoms with Crippen molar-refractivity contribution < 1.29 is 80.2 Å². The molecule has 0 rings (SSSR count). The van der Waals surface area contributed by atoms with Crippen molar-refractivity contribution in [2.24, 2.45) is 11.8 Å². The van der Waals surface area contributed by atoms with Crippen molar-refractivity contribution in [2.75, 3.05) is 39.6 Å². The molecule has 0 aromatic rings. The Hall–Kier alpha value is -1.94. The second-order valence-electron chi connectivity index (χ2n) is 29.8. The fraction of sp³-hybridized carbons (Fsp3) is 0.950. The van der Waals surface area contributed by atoms with Gasteiger partial charge in [0.15, 0.2) is 12.2 Å². The molecule has 0 radical (unpaired) electrons. The highest BCUT2D eigenvalue weighted by atomic mass is 31.2. The Labute approximate surface area is 607 Å². The topological polar surface area (TPSA) is 237 Å². The Balaban J connectivity index is 5.20. The fourth-order valence-electron chi connectivity index (χ4n) is 12.4. The largest absolute Gasteiger partial charge is 0.472 e. The number of hydrogen-bond donors (Lipinski definition) is 3. The van der Waals surface area contributed by atoms with Crippen LogP contribution >= 0.6 is 15.6 Å². The molecular weight excluding hydrogens is 1290 g/mol. The molecule has 0 aromatic carbocycles. The van der Waals surface area contributed by atoms with Gasteiger partial charge in [0.2, 0.25) is 0 Å². The summed E-state index contributed by atoms with van der Waals surface area (Å²) in [5, 5.41) is 10.6. The van der Waals surface area contributed by atoms with E-state index in [0.717, 1.165) is 102 Å². The zero-order valence-corrected chi connectivity index (χ0v) is 66.6. The van der Waals surface area contributed by atoms with E-state index in [-0.39, 0.29) is 25.7 Å². The van der Waals surface area contributed by atoms with Gasteiger partial charge < -0.3 is 33.8 Å². The van der Waals surface area contributed by atoms with Crippen LogP contribution in [0, 0.1) is 11.8 Å². The van der Waals surface area contributed by atoms with Gasteiger partial charge in [0.25, 0.3) is 0 Å². The molecule has 0 fully saturated rings. The highest BCUT2D eigenvalue weighted by Gasteiger charge is 2.30.